The lowest BCUT2D eigenvalue weighted by atomic mass is 9.68. The lowest BCUT2D eigenvalue weighted by molar-refractivity contribution is -0.139. The van der Waals surface area contributed by atoms with Crippen LogP contribution in [0.2, 0.25) is 5.02 Å². The average molecular weight is 728 g/mol. The smallest absolute Gasteiger partial charge is 0.410 e. The molecule has 3 aliphatic heterocycles. The van der Waals surface area contributed by atoms with Gasteiger partial charge in [0, 0.05) is 43.1 Å². The highest BCUT2D eigenvalue weighted by Crippen LogP contribution is 2.47. The van der Waals surface area contributed by atoms with Crippen molar-refractivity contribution in [1.82, 2.24) is 9.62 Å². The maximum Gasteiger partial charge on any atom is 0.410 e. The summed E-state index contributed by atoms with van der Waals surface area (Å²) in [5, 5.41) is 0.700. The molecular formula is C37H46ClN3O8S. The molecule has 1 spiro atoms. The van der Waals surface area contributed by atoms with Crippen LogP contribution < -0.4 is 14.4 Å². The monoisotopic (exact) mass is 727 g/mol. The van der Waals surface area contributed by atoms with E-state index in [1.807, 2.05) is 18.2 Å². The van der Waals surface area contributed by atoms with Crippen molar-refractivity contribution in [2.45, 2.75) is 80.4 Å². The molecule has 2 aliphatic carbocycles. The molecular weight excluding hydrogens is 682 g/mol. The number of carbonyl (C=O) groups excluding carboxylic acids is 2. The van der Waals surface area contributed by atoms with E-state index in [4.69, 9.17) is 30.5 Å². The number of fused-ring (bicyclic) bond motifs is 4. The topological polar surface area (TPSA) is 124 Å². The predicted octanol–water partition coefficient (Wildman–Crippen LogP) is 5.24. The molecule has 270 valence electrons. The zero-order chi connectivity index (χ0) is 35.3. The van der Waals surface area contributed by atoms with E-state index in [-0.39, 0.29) is 34.8 Å². The van der Waals surface area contributed by atoms with E-state index in [1.165, 1.54) is 31.0 Å². The third-order valence-electron chi connectivity index (χ3n) is 11.3. The second-order valence-electron chi connectivity index (χ2n) is 14.9. The Morgan fingerprint density at radius 1 is 1.14 bits per heavy atom. The Bertz CT molecular complexity index is 1780. The molecule has 0 unspecified atom stereocenters. The van der Waals surface area contributed by atoms with E-state index in [0.717, 1.165) is 38.5 Å². The van der Waals surface area contributed by atoms with Gasteiger partial charge in [0.25, 0.3) is 15.9 Å². The van der Waals surface area contributed by atoms with Gasteiger partial charge in [-0.15, -0.1) is 0 Å². The molecule has 13 heteroatoms. The fourth-order valence-corrected chi connectivity index (χ4v) is 9.38. The maximum absolute atomic E-state index is 13.6. The van der Waals surface area contributed by atoms with E-state index in [2.05, 4.69) is 15.7 Å². The van der Waals surface area contributed by atoms with Crippen LogP contribution in [0.5, 0.6) is 5.75 Å². The summed E-state index contributed by atoms with van der Waals surface area (Å²) in [5.74, 6) is -0.0586. The number of amides is 2. The van der Waals surface area contributed by atoms with E-state index in [0.29, 0.717) is 49.4 Å². The minimum absolute atomic E-state index is 0.0144. The van der Waals surface area contributed by atoms with Crippen LogP contribution in [-0.4, -0.2) is 89.6 Å². The molecule has 2 amide bonds. The van der Waals surface area contributed by atoms with Crippen LogP contribution in [0.25, 0.3) is 0 Å². The van der Waals surface area contributed by atoms with E-state index < -0.39 is 33.7 Å². The first-order valence-electron chi connectivity index (χ1n) is 17.5. The number of nitrogens with zero attached hydrogens (tertiary/aromatic N) is 2. The van der Waals surface area contributed by atoms with Crippen LogP contribution in [-0.2, 0) is 40.9 Å². The highest BCUT2D eigenvalue weighted by Gasteiger charge is 2.45. The lowest BCUT2D eigenvalue weighted by Gasteiger charge is -2.46. The second-order valence-corrected chi connectivity index (χ2v) is 17.0. The Morgan fingerprint density at radius 2 is 1.98 bits per heavy atom. The molecule has 5 aliphatic rings. The van der Waals surface area contributed by atoms with Crippen molar-refractivity contribution in [3.05, 3.63) is 64.7 Å². The quantitative estimate of drug-likeness (QED) is 0.414. The normalized spacial score (nSPS) is 30.8. The number of aryl methyl sites for hydroxylation is 1. The summed E-state index contributed by atoms with van der Waals surface area (Å²) >= 11 is 6.44. The number of hydrogen-bond acceptors (Lipinski definition) is 9. The number of rotatable bonds is 2. The Balaban J connectivity index is 1.27. The second kappa shape index (κ2) is 13.7. The average Bonchev–Trinajstić information content (AvgIpc) is 3.56. The number of nitrogens with one attached hydrogen (secondary N) is 1. The molecule has 1 saturated carbocycles. The number of sulfonamides is 1. The predicted molar refractivity (Wildman–Crippen MR) is 188 cm³/mol. The fraction of sp³-hybridized carbons (Fsp3) is 0.568. The molecule has 11 nitrogen and oxygen atoms in total. The van der Waals surface area contributed by atoms with Crippen LogP contribution in [0, 0.1) is 11.8 Å². The summed E-state index contributed by atoms with van der Waals surface area (Å²) in [7, 11) is -2.50. The number of halogens is 1. The number of ether oxygens (including phenoxy) is 4. The van der Waals surface area contributed by atoms with E-state index in [1.54, 1.807) is 30.2 Å². The molecule has 5 atom stereocenters. The van der Waals surface area contributed by atoms with Gasteiger partial charge in [0.05, 0.1) is 36.4 Å². The fourth-order valence-electron chi connectivity index (χ4n) is 8.06. The van der Waals surface area contributed by atoms with Gasteiger partial charge in [0.2, 0.25) is 0 Å². The first-order chi connectivity index (χ1) is 23.8. The number of hydrogen-bond donors (Lipinski definition) is 1. The van der Waals surface area contributed by atoms with Gasteiger partial charge in [-0.3, -0.25) is 4.79 Å². The molecule has 1 saturated heterocycles. The van der Waals surface area contributed by atoms with Gasteiger partial charge in [-0.05, 0) is 106 Å². The Hall–Kier alpha value is -3.32. The van der Waals surface area contributed by atoms with Gasteiger partial charge < -0.3 is 28.7 Å². The molecule has 0 radical (unpaired) electrons. The van der Waals surface area contributed by atoms with Gasteiger partial charge in [0.1, 0.15) is 17.5 Å². The van der Waals surface area contributed by atoms with Crippen LogP contribution in [0.15, 0.2) is 53.4 Å². The van der Waals surface area contributed by atoms with Crippen molar-refractivity contribution in [3.63, 3.8) is 0 Å². The van der Waals surface area contributed by atoms with E-state index >= 15 is 0 Å². The summed E-state index contributed by atoms with van der Waals surface area (Å²) < 4.78 is 53.7. The SMILES string of the molecule is CN(C(=O)O[C@H]1/C=C\COC(C)(C)C(=O)NS(=O)(=O)c2ccc3c(c2)N(C[C@@H]2CC[C@H]21)C[C@@]1(CCCc2cc(Cl)ccc21)CO3)[C@@H]1CCOC1. The van der Waals surface area contributed by atoms with Crippen molar-refractivity contribution >= 4 is 39.3 Å². The standard InChI is InChI=1S/C37H46ClN3O8S/c1-36(2)34(42)39-50(44,45)28-10-13-33-31(19-28)41(22-37(23-47-33)15-4-6-24-18-26(38)9-12-30(24)37)20-25-8-11-29(25)32(7-5-16-48-36)49-35(43)40(3)27-14-17-46-21-27/h5,7,9-10,12-13,18-19,25,27,29,32H,4,6,8,11,14-17,20-23H2,1-3H3,(H,39,42)/b7-5-/t25-,27+,29+,32-,37-/m0/s1. The lowest BCUT2D eigenvalue weighted by Crippen LogP contribution is -2.50. The van der Waals surface area contributed by atoms with Crippen molar-refractivity contribution in [1.29, 1.82) is 0 Å². The minimum atomic E-state index is -4.24. The summed E-state index contributed by atoms with van der Waals surface area (Å²) in [6, 6.07) is 10.8. The number of likely N-dealkylation sites (N-methyl/N-ethyl adjacent to an activating group) is 1. The molecule has 0 aromatic heterocycles. The van der Waals surface area contributed by atoms with Crippen molar-refractivity contribution in [2.24, 2.45) is 11.8 Å². The number of anilines is 1. The summed E-state index contributed by atoms with van der Waals surface area (Å²) in [4.78, 5) is 30.6. The summed E-state index contributed by atoms with van der Waals surface area (Å²) in [5.41, 5.74) is 1.24. The molecule has 2 bridgehead atoms. The third-order valence-corrected chi connectivity index (χ3v) is 12.9. The van der Waals surface area contributed by atoms with Crippen LogP contribution in [0.1, 0.15) is 57.1 Å². The van der Waals surface area contributed by atoms with Crippen molar-refractivity contribution in [2.75, 3.05) is 51.5 Å². The molecule has 2 aromatic carbocycles. The number of benzene rings is 2. The minimum Gasteiger partial charge on any atom is -0.490 e. The third kappa shape index (κ3) is 6.83. The van der Waals surface area contributed by atoms with Crippen LogP contribution >= 0.6 is 11.6 Å². The Kier molecular flexibility index (Phi) is 9.59. The van der Waals surface area contributed by atoms with Gasteiger partial charge in [-0.1, -0.05) is 23.7 Å². The van der Waals surface area contributed by atoms with Gasteiger partial charge >= 0.3 is 6.09 Å². The molecule has 7 rings (SSSR count). The zero-order valence-electron chi connectivity index (χ0n) is 28.9. The molecule has 2 fully saturated rings. The highest BCUT2D eigenvalue weighted by molar-refractivity contribution is 7.90. The Morgan fingerprint density at radius 3 is 2.74 bits per heavy atom. The van der Waals surface area contributed by atoms with Gasteiger partial charge in [-0.2, -0.15) is 0 Å². The highest BCUT2D eigenvalue weighted by atomic mass is 35.5. The van der Waals surface area contributed by atoms with E-state index in [9.17, 15) is 18.0 Å². The maximum atomic E-state index is 13.6. The molecule has 2 aromatic rings. The Labute approximate surface area is 299 Å². The zero-order valence-corrected chi connectivity index (χ0v) is 30.4. The van der Waals surface area contributed by atoms with Crippen LogP contribution in [0.4, 0.5) is 10.5 Å². The molecule has 50 heavy (non-hydrogen) atoms. The van der Waals surface area contributed by atoms with Crippen molar-refractivity contribution < 1.29 is 37.0 Å². The number of carbonyl (C=O) groups is 2. The van der Waals surface area contributed by atoms with Gasteiger partial charge in [-0.25, -0.2) is 17.9 Å². The van der Waals surface area contributed by atoms with Crippen molar-refractivity contribution in [3.8, 4) is 5.75 Å². The summed E-state index contributed by atoms with van der Waals surface area (Å²) in [6.45, 7) is 5.77. The van der Waals surface area contributed by atoms with Gasteiger partial charge in [0.15, 0.2) is 0 Å². The molecule has 3 heterocycles. The first kappa shape index (κ1) is 35.1. The van der Waals surface area contributed by atoms with Crippen LogP contribution in [0.3, 0.4) is 0 Å². The first-order valence-corrected chi connectivity index (χ1v) is 19.4. The summed E-state index contributed by atoms with van der Waals surface area (Å²) in [6.07, 6.45) is 8.00. The largest absolute Gasteiger partial charge is 0.490 e. The molecule has 1 N–H and O–H groups in total.